The fourth-order valence-electron chi connectivity index (χ4n) is 1.70. The van der Waals surface area contributed by atoms with E-state index >= 15 is 0 Å². The first-order chi connectivity index (χ1) is 9.10. The molecule has 0 aliphatic heterocycles. The summed E-state index contributed by atoms with van der Waals surface area (Å²) >= 11 is 2.22. The van der Waals surface area contributed by atoms with Gasteiger partial charge >= 0.3 is 0 Å². The average Bonchev–Trinajstić information content (AvgIpc) is 2.41. The van der Waals surface area contributed by atoms with Crippen LogP contribution in [0, 0.1) is 10.5 Å². The normalized spacial score (nSPS) is 10.1. The van der Waals surface area contributed by atoms with Crippen molar-refractivity contribution in [3.05, 3.63) is 57.2 Å². The molecule has 1 amide bonds. The first-order valence-corrected chi connectivity index (χ1v) is 6.82. The van der Waals surface area contributed by atoms with Crippen LogP contribution in [0.2, 0.25) is 0 Å². The Bertz CT molecular complexity index is 596. The number of rotatable bonds is 3. The molecule has 4 nitrogen and oxygen atoms in total. The van der Waals surface area contributed by atoms with Gasteiger partial charge in [0.1, 0.15) is 0 Å². The van der Waals surface area contributed by atoms with E-state index in [9.17, 15) is 4.79 Å². The van der Waals surface area contributed by atoms with E-state index in [1.165, 1.54) is 0 Å². The summed E-state index contributed by atoms with van der Waals surface area (Å²) in [5, 5.41) is 2.86. The molecule has 0 saturated carbocycles. The van der Waals surface area contributed by atoms with Crippen LogP contribution in [0.25, 0.3) is 0 Å². The molecule has 0 fully saturated rings. The molecule has 4 N–H and O–H groups in total. The lowest BCUT2D eigenvalue weighted by atomic mass is 10.1. The van der Waals surface area contributed by atoms with Crippen molar-refractivity contribution in [2.24, 2.45) is 5.84 Å². The number of hydrazine groups is 1. The molecule has 2 aromatic carbocycles. The van der Waals surface area contributed by atoms with Gasteiger partial charge in [0.15, 0.2) is 0 Å². The highest BCUT2D eigenvalue weighted by Gasteiger charge is 2.07. The molecule has 0 bridgehead atoms. The minimum Gasteiger partial charge on any atom is -0.324 e. The molecule has 5 heteroatoms. The Morgan fingerprint density at radius 1 is 1.16 bits per heavy atom. The molecule has 0 radical (unpaired) electrons. The molecule has 0 atom stereocenters. The Morgan fingerprint density at radius 3 is 2.42 bits per heavy atom. The van der Waals surface area contributed by atoms with Gasteiger partial charge in [-0.05, 0) is 77.5 Å². The summed E-state index contributed by atoms with van der Waals surface area (Å²) in [6, 6.07) is 13.0. The second-order valence-electron chi connectivity index (χ2n) is 4.14. The predicted octanol–water partition coefficient (Wildman–Crippen LogP) is 3.14. The van der Waals surface area contributed by atoms with Crippen molar-refractivity contribution in [1.29, 1.82) is 0 Å². The summed E-state index contributed by atoms with van der Waals surface area (Å²) in [5.41, 5.74) is 5.71. The Hall–Kier alpha value is -1.60. The van der Waals surface area contributed by atoms with Crippen molar-refractivity contribution < 1.29 is 4.79 Å². The second kappa shape index (κ2) is 6.03. The third kappa shape index (κ3) is 3.45. The third-order valence-corrected chi connectivity index (χ3v) is 3.47. The van der Waals surface area contributed by atoms with Crippen molar-refractivity contribution in [2.45, 2.75) is 6.92 Å². The summed E-state index contributed by atoms with van der Waals surface area (Å²) in [6.45, 7) is 1.90. The molecule has 0 spiro atoms. The summed E-state index contributed by atoms with van der Waals surface area (Å²) in [4.78, 5) is 12.1. The number of aryl methyl sites for hydroxylation is 1. The number of hydrogen-bond donors (Lipinski definition) is 3. The van der Waals surface area contributed by atoms with Gasteiger partial charge in [-0.15, -0.1) is 0 Å². The van der Waals surface area contributed by atoms with Gasteiger partial charge in [0, 0.05) is 14.8 Å². The van der Waals surface area contributed by atoms with Gasteiger partial charge in [-0.2, -0.15) is 0 Å². The number of halogens is 1. The van der Waals surface area contributed by atoms with Gasteiger partial charge in [-0.25, -0.2) is 0 Å². The number of carbonyl (C=O) groups is 1. The van der Waals surface area contributed by atoms with E-state index in [4.69, 9.17) is 5.84 Å². The lowest BCUT2D eigenvalue weighted by molar-refractivity contribution is 0.102. The van der Waals surface area contributed by atoms with Gasteiger partial charge < -0.3 is 10.7 Å². The van der Waals surface area contributed by atoms with Crippen LogP contribution in [-0.4, -0.2) is 5.91 Å². The Balaban J connectivity index is 2.16. The van der Waals surface area contributed by atoms with Crippen LogP contribution >= 0.6 is 22.6 Å². The standard InChI is InChI=1S/C14H14IN3O/c1-9-8-10(2-7-13(9)18-16)14(19)17-12-5-3-11(15)4-6-12/h2-8,18H,16H2,1H3,(H,17,19). The van der Waals surface area contributed by atoms with Gasteiger partial charge in [0.25, 0.3) is 5.91 Å². The third-order valence-electron chi connectivity index (χ3n) is 2.75. The van der Waals surface area contributed by atoms with Crippen LogP contribution in [0.5, 0.6) is 0 Å². The number of nitrogens with two attached hydrogens (primary N) is 1. The molecule has 0 aliphatic carbocycles. The summed E-state index contributed by atoms with van der Waals surface area (Å²) in [5.74, 6) is 5.23. The number of benzene rings is 2. The zero-order chi connectivity index (χ0) is 13.8. The van der Waals surface area contributed by atoms with Gasteiger partial charge in [0.05, 0.1) is 5.69 Å². The van der Waals surface area contributed by atoms with Crippen LogP contribution in [0.4, 0.5) is 11.4 Å². The van der Waals surface area contributed by atoms with Crippen LogP contribution in [0.3, 0.4) is 0 Å². The zero-order valence-electron chi connectivity index (χ0n) is 10.4. The maximum Gasteiger partial charge on any atom is 0.255 e. The van der Waals surface area contributed by atoms with Crippen LogP contribution < -0.4 is 16.6 Å². The molecule has 2 aromatic rings. The Kier molecular flexibility index (Phi) is 4.39. The molecular weight excluding hydrogens is 353 g/mol. The molecule has 0 aliphatic rings. The zero-order valence-corrected chi connectivity index (χ0v) is 12.6. The highest BCUT2D eigenvalue weighted by Crippen LogP contribution is 2.17. The SMILES string of the molecule is Cc1cc(C(=O)Nc2ccc(I)cc2)ccc1NN. The van der Waals surface area contributed by atoms with Gasteiger partial charge in [-0.3, -0.25) is 10.6 Å². The van der Waals surface area contributed by atoms with Crippen molar-refractivity contribution >= 4 is 39.9 Å². The Morgan fingerprint density at radius 2 is 1.84 bits per heavy atom. The van der Waals surface area contributed by atoms with Crippen LogP contribution in [-0.2, 0) is 0 Å². The summed E-state index contributed by atoms with van der Waals surface area (Å²) in [6.07, 6.45) is 0. The minimum atomic E-state index is -0.132. The molecule has 0 aromatic heterocycles. The lowest BCUT2D eigenvalue weighted by Crippen LogP contribution is -2.13. The van der Waals surface area contributed by atoms with Crippen molar-refractivity contribution in [3.8, 4) is 0 Å². The summed E-state index contributed by atoms with van der Waals surface area (Å²) < 4.78 is 1.13. The molecule has 0 saturated heterocycles. The summed E-state index contributed by atoms with van der Waals surface area (Å²) in [7, 11) is 0. The van der Waals surface area contributed by atoms with E-state index in [0.29, 0.717) is 5.56 Å². The van der Waals surface area contributed by atoms with E-state index < -0.39 is 0 Å². The van der Waals surface area contributed by atoms with Crippen molar-refractivity contribution in [3.63, 3.8) is 0 Å². The quantitative estimate of drug-likeness (QED) is 0.444. The number of amides is 1. The van der Waals surface area contributed by atoms with Crippen LogP contribution in [0.15, 0.2) is 42.5 Å². The first kappa shape index (κ1) is 13.8. The molecule has 0 heterocycles. The molecule has 0 unspecified atom stereocenters. The van der Waals surface area contributed by atoms with E-state index in [0.717, 1.165) is 20.5 Å². The largest absolute Gasteiger partial charge is 0.324 e. The molecule has 19 heavy (non-hydrogen) atoms. The first-order valence-electron chi connectivity index (χ1n) is 5.74. The number of nitrogen functional groups attached to an aromatic ring is 1. The molecular formula is C14H14IN3O. The lowest BCUT2D eigenvalue weighted by Gasteiger charge is -2.08. The van der Waals surface area contributed by atoms with Crippen LogP contribution in [0.1, 0.15) is 15.9 Å². The fourth-order valence-corrected chi connectivity index (χ4v) is 2.06. The number of carbonyl (C=O) groups excluding carboxylic acids is 1. The molecule has 2 rings (SSSR count). The van der Waals surface area contributed by atoms with E-state index in [1.807, 2.05) is 31.2 Å². The van der Waals surface area contributed by atoms with E-state index in [2.05, 4.69) is 33.3 Å². The predicted molar refractivity (Wildman–Crippen MR) is 86.1 cm³/mol. The van der Waals surface area contributed by atoms with Crippen molar-refractivity contribution in [1.82, 2.24) is 0 Å². The average molecular weight is 367 g/mol. The minimum absolute atomic E-state index is 0.132. The second-order valence-corrected chi connectivity index (χ2v) is 5.38. The number of nitrogens with one attached hydrogen (secondary N) is 2. The monoisotopic (exact) mass is 367 g/mol. The van der Waals surface area contributed by atoms with E-state index in [1.54, 1.807) is 18.2 Å². The van der Waals surface area contributed by atoms with Crippen molar-refractivity contribution in [2.75, 3.05) is 10.7 Å². The number of anilines is 2. The van der Waals surface area contributed by atoms with Gasteiger partial charge in [0.2, 0.25) is 0 Å². The van der Waals surface area contributed by atoms with E-state index in [-0.39, 0.29) is 5.91 Å². The maximum absolute atomic E-state index is 12.1. The van der Waals surface area contributed by atoms with Gasteiger partial charge in [-0.1, -0.05) is 0 Å². The fraction of sp³-hybridized carbons (Fsp3) is 0.0714. The maximum atomic E-state index is 12.1. The highest BCUT2D eigenvalue weighted by atomic mass is 127. The topological polar surface area (TPSA) is 67.2 Å². The highest BCUT2D eigenvalue weighted by molar-refractivity contribution is 14.1. The molecule has 98 valence electrons. The Labute approximate surface area is 125 Å². The smallest absolute Gasteiger partial charge is 0.255 e. The number of hydrogen-bond acceptors (Lipinski definition) is 3.